The summed E-state index contributed by atoms with van der Waals surface area (Å²) >= 11 is 0. The van der Waals surface area contributed by atoms with E-state index in [-0.39, 0.29) is 18.0 Å². The van der Waals surface area contributed by atoms with Gasteiger partial charge in [0.1, 0.15) is 12.4 Å². The maximum absolute atomic E-state index is 10.9. The van der Waals surface area contributed by atoms with Crippen LogP contribution in [0, 0.1) is 10.1 Å². The van der Waals surface area contributed by atoms with Gasteiger partial charge in [-0.2, -0.15) is 0 Å². The molecule has 7 nitrogen and oxygen atoms in total. The zero-order chi connectivity index (χ0) is 14.5. The molecule has 0 atom stereocenters. The Labute approximate surface area is 115 Å². The number of pyridine rings is 1. The number of hydrogen-bond donors (Lipinski definition) is 1. The summed E-state index contributed by atoms with van der Waals surface area (Å²) < 4.78 is 10.5. The Morgan fingerprint density at radius 2 is 2.15 bits per heavy atom. The summed E-state index contributed by atoms with van der Waals surface area (Å²) in [7, 11) is 1.48. The average molecular weight is 275 g/mol. The number of hydrogen-bond acceptors (Lipinski definition) is 6. The van der Waals surface area contributed by atoms with E-state index in [9.17, 15) is 10.1 Å². The van der Waals surface area contributed by atoms with Crippen molar-refractivity contribution in [1.82, 2.24) is 4.98 Å². The number of ether oxygens (including phenoxy) is 2. The molecule has 1 heterocycles. The average Bonchev–Trinajstić information content (AvgIpc) is 2.44. The van der Waals surface area contributed by atoms with Gasteiger partial charge in [0.25, 0.3) is 0 Å². The van der Waals surface area contributed by atoms with Crippen molar-refractivity contribution in [1.29, 1.82) is 0 Å². The molecule has 0 fully saturated rings. The molecular weight excluding hydrogens is 262 g/mol. The second kappa shape index (κ2) is 5.87. The van der Waals surface area contributed by atoms with Gasteiger partial charge < -0.3 is 15.2 Å². The highest BCUT2D eigenvalue weighted by Gasteiger charge is 2.16. The maximum atomic E-state index is 10.9. The number of methoxy groups -OCH3 is 1. The van der Waals surface area contributed by atoms with Gasteiger partial charge in [0.15, 0.2) is 0 Å². The highest BCUT2D eigenvalue weighted by molar-refractivity contribution is 5.50. The topological polar surface area (TPSA) is 101 Å². The Morgan fingerprint density at radius 1 is 1.35 bits per heavy atom. The zero-order valence-electron chi connectivity index (χ0n) is 10.8. The molecule has 104 valence electrons. The fourth-order valence-corrected chi connectivity index (χ4v) is 1.62. The minimum Gasteiger partial charge on any atom is -0.497 e. The summed E-state index contributed by atoms with van der Waals surface area (Å²) in [6.07, 6.45) is 1.55. The molecule has 0 spiro atoms. The number of rotatable bonds is 5. The van der Waals surface area contributed by atoms with Crippen LogP contribution in [0.15, 0.2) is 36.5 Å². The standard InChI is InChI=1S/C13H13N3O4/c1-19-11-2-3-12(16(17)18)13(7-11)20-8-10-6-9(14)4-5-15-10/h2-7H,8H2,1H3,(H2,14,15). The largest absolute Gasteiger partial charge is 0.497 e. The lowest BCUT2D eigenvalue weighted by atomic mass is 10.2. The van der Waals surface area contributed by atoms with Crippen LogP contribution in [0.2, 0.25) is 0 Å². The van der Waals surface area contributed by atoms with Gasteiger partial charge in [-0.3, -0.25) is 15.1 Å². The molecule has 20 heavy (non-hydrogen) atoms. The first-order valence-corrected chi connectivity index (χ1v) is 5.76. The summed E-state index contributed by atoms with van der Waals surface area (Å²) in [5.74, 6) is 0.602. The van der Waals surface area contributed by atoms with Gasteiger partial charge in [-0.05, 0) is 18.2 Å². The molecule has 2 aromatic rings. The van der Waals surface area contributed by atoms with Crippen molar-refractivity contribution >= 4 is 11.4 Å². The number of nitro benzene ring substituents is 1. The fraction of sp³-hybridized carbons (Fsp3) is 0.154. The van der Waals surface area contributed by atoms with Gasteiger partial charge in [0.2, 0.25) is 5.75 Å². The monoisotopic (exact) mass is 275 g/mol. The lowest BCUT2D eigenvalue weighted by Gasteiger charge is -2.08. The molecule has 0 unspecified atom stereocenters. The molecule has 0 aliphatic heterocycles. The number of aromatic nitrogens is 1. The minimum atomic E-state index is -0.512. The SMILES string of the molecule is COc1ccc([N+](=O)[O-])c(OCc2cc(N)ccn2)c1. The van der Waals surface area contributed by atoms with Crippen LogP contribution >= 0.6 is 0 Å². The lowest BCUT2D eigenvalue weighted by molar-refractivity contribution is -0.386. The number of nitrogens with zero attached hydrogens (tertiary/aromatic N) is 2. The normalized spacial score (nSPS) is 10.1. The van der Waals surface area contributed by atoms with Gasteiger partial charge >= 0.3 is 5.69 Å². The number of nitro groups is 1. The predicted octanol–water partition coefficient (Wildman–Crippen LogP) is 2.16. The first-order chi connectivity index (χ1) is 9.60. The number of anilines is 1. The summed E-state index contributed by atoms with van der Waals surface area (Å²) in [6.45, 7) is 0.0824. The van der Waals surface area contributed by atoms with Crippen LogP contribution < -0.4 is 15.2 Å². The van der Waals surface area contributed by atoms with Crippen LogP contribution in [0.4, 0.5) is 11.4 Å². The summed E-state index contributed by atoms with van der Waals surface area (Å²) in [5, 5.41) is 10.9. The quantitative estimate of drug-likeness (QED) is 0.662. The number of nitrogen functional groups attached to an aromatic ring is 1. The number of benzene rings is 1. The Bertz CT molecular complexity index is 631. The van der Waals surface area contributed by atoms with E-state index in [4.69, 9.17) is 15.2 Å². The Morgan fingerprint density at radius 3 is 2.80 bits per heavy atom. The first kappa shape index (κ1) is 13.6. The molecule has 0 aliphatic carbocycles. The van der Waals surface area contributed by atoms with E-state index in [1.54, 1.807) is 18.3 Å². The Kier molecular flexibility index (Phi) is 3.99. The van der Waals surface area contributed by atoms with Crippen LogP contribution in [0.3, 0.4) is 0 Å². The predicted molar refractivity (Wildman–Crippen MR) is 72.6 cm³/mol. The van der Waals surface area contributed by atoms with E-state index in [2.05, 4.69) is 4.98 Å². The van der Waals surface area contributed by atoms with E-state index in [0.29, 0.717) is 17.1 Å². The van der Waals surface area contributed by atoms with Crippen molar-refractivity contribution < 1.29 is 14.4 Å². The molecule has 7 heteroatoms. The third-order valence-electron chi connectivity index (χ3n) is 2.58. The fourth-order valence-electron chi connectivity index (χ4n) is 1.62. The second-order valence-corrected chi connectivity index (χ2v) is 3.96. The molecule has 0 saturated heterocycles. The molecule has 2 rings (SSSR count). The van der Waals surface area contributed by atoms with Crippen molar-refractivity contribution in [3.63, 3.8) is 0 Å². The lowest BCUT2D eigenvalue weighted by Crippen LogP contribution is -2.02. The third-order valence-corrected chi connectivity index (χ3v) is 2.58. The molecule has 1 aromatic carbocycles. The molecule has 0 amide bonds. The summed E-state index contributed by atoms with van der Waals surface area (Å²) in [5.41, 5.74) is 6.64. The van der Waals surface area contributed by atoms with Gasteiger partial charge in [-0.15, -0.1) is 0 Å². The van der Waals surface area contributed by atoms with Crippen molar-refractivity contribution in [2.45, 2.75) is 6.61 Å². The van der Waals surface area contributed by atoms with Crippen LogP contribution in [0.25, 0.3) is 0 Å². The number of nitrogens with two attached hydrogens (primary N) is 1. The zero-order valence-corrected chi connectivity index (χ0v) is 10.8. The van der Waals surface area contributed by atoms with E-state index in [1.807, 2.05) is 0 Å². The second-order valence-electron chi connectivity index (χ2n) is 3.96. The molecule has 1 aromatic heterocycles. The van der Waals surface area contributed by atoms with Gasteiger partial charge in [0.05, 0.1) is 17.7 Å². The van der Waals surface area contributed by atoms with E-state index in [1.165, 1.54) is 25.3 Å². The Balaban J connectivity index is 2.21. The first-order valence-electron chi connectivity index (χ1n) is 5.76. The molecule has 0 radical (unpaired) electrons. The van der Waals surface area contributed by atoms with E-state index >= 15 is 0 Å². The highest BCUT2D eigenvalue weighted by atomic mass is 16.6. The molecule has 0 aliphatic rings. The molecule has 0 saturated carbocycles. The van der Waals surface area contributed by atoms with E-state index < -0.39 is 4.92 Å². The Hall–Kier alpha value is -2.83. The van der Waals surface area contributed by atoms with Crippen LogP contribution in [0.1, 0.15) is 5.69 Å². The van der Waals surface area contributed by atoms with E-state index in [0.717, 1.165) is 0 Å². The smallest absolute Gasteiger partial charge is 0.311 e. The van der Waals surface area contributed by atoms with Crippen molar-refractivity contribution in [2.24, 2.45) is 0 Å². The van der Waals surface area contributed by atoms with Crippen molar-refractivity contribution in [3.05, 3.63) is 52.3 Å². The summed E-state index contributed by atoms with van der Waals surface area (Å²) in [4.78, 5) is 14.5. The van der Waals surface area contributed by atoms with Crippen molar-refractivity contribution in [2.75, 3.05) is 12.8 Å². The van der Waals surface area contributed by atoms with Crippen LogP contribution in [0.5, 0.6) is 11.5 Å². The van der Waals surface area contributed by atoms with Gasteiger partial charge in [0, 0.05) is 24.0 Å². The van der Waals surface area contributed by atoms with Gasteiger partial charge in [-0.25, -0.2) is 0 Å². The minimum absolute atomic E-state index is 0.0824. The molecular formula is C13H13N3O4. The molecule has 2 N–H and O–H groups in total. The van der Waals surface area contributed by atoms with Gasteiger partial charge in [-0.1, -0.05) is 0 Å². The van der Waals surface area contributed by atoms with Crippen LogP contribution in [-0.2, 0) is 6.61 Å². The summed E-state index contributed by atoms with van der Waals surface area (Å²) in [6, 6.07) is 7.60. The van der Waals surface area contributed by atoms with Crippen molar-refractivity contribution in [3.8, 4) is 11.5 Å². The third kappa shape index (κ3) is 3.14. The molecule has 0 bridgehead atoms. The maximum Gasteiger partial charge on any atom is 0.311 e. The highest BCUT2D eigenvalue weighted by Crippen LogP contribution is 2.31. The van der Waals surface area contributed by atoms with Crippen LogP contribution in [-0.4, -0.2) is 17.0 Å².